The molecule has 0 saturated carbocycles. The number of benzene rings is 1. The van der Waals surface area contributed by atoms with Gasteiger partial charge in [0.05, 0.1) is 31.0 Å². The molecule has 0 saturated heterocycles. The summed E-state index contributed by atoms with van der Waals surface area (Å²) in [6.45, 7) is 9.48. The van der Waals surface area contributed by atoms with Crippen LogP contribution in [0, 0.1) is 0 Å². The zero-order valence-electron chi connectivity index (χ0n) is 12.8. The molecule has 0 aliphatic heterocycles. The Morgan fingerprint density at radius 1 is 1.11 bits per heavy atom. The Morgan fingerprint density at radius 2 is 1.74 bits per heavy atom. The van der Waals surface area contributed by atoms with E-state index in [0.717, 1.165) is 0 Å². The predicted molar refractivity (Wildman–Crippen MR) is 79.4 cm³/mol. The van der Waals surface area contributed by atoms with Gasteiger partial charge in [-0.1, -0.05) is 30.3 Å². The molecule has 0 heterocycles. The first-order valence-corrected chi connectivity index (χ1v) is 6.92. The highest BCUT2D eigenvalue weighted by Gasteiger charge is 2.18. The van der Waals surface area contributed by atoms with Crippen molar-refractivity contribution in [2.75, 3.05) is 20.3 Å². The van der Waals surface area contributed by atoms with Crippen LogP contribution in [0.15, 0.2) is 30.3 Å². The van der Waals surface area contributed by atoms with Crippen molar-refractivity contribution in [1.29, 1.82) is 0 Å². The van der Waals surface area contributed by atoms with Crippen molar-refractivity contribution in [3.63, 3.8) is 0 Å². The Kier molecular flexibility index (Phi) is 6.49. The highest BCUT2D eigenvalue weighted by Crippen LogP contribution is 2.18. The lowest BCUT2D eigenvalue weighted by Crippen LogP contribution is -2.31. The van der Waals surface area contributed by atoms with E-state index >= 15 is 0 Å². The van der Waals surface area contributed by atoms with E-state index in [4.69, 9.17) is 9.47 Å². The average Bonchev–Trinajstić information content (AvgIpc) is 2.36. The predicted octanol–water partition coefficient (Wildman–Crippen LogP) is 3.17. The molecule has 1 N–H and O–H groups in total. The van der Waals surface area contributed by atoms with E-state index in [1.54, 1.807) is 0 Å². The van der Waals surface area contributed by atoms with Crippen LogP contribution in [0.3, 0.4) is 0 Å². The quantitative estimate of drug-likeness (QED) is 0.768. The van der Waals surface area contributed by atoms with Crippen LogP contribution in [0.5, 0.6) is 0 Å². The molecule has 2 unspecified atom stereocenters. The molecular weight excluding hydrogens is 238 g/mol. The molecule has 0 aliphatic carbocycles. The smallest absolute Gasteiger partial charge is 0.0742 e. The molecule has 0 bridgehead atoms. The molecule has 0 aliphatic rings. The van der Waals surface area contributed by atoms with Gasteiger partial charge < -0.3 is 14.8 Å². The summed E-state index contributed by atoms with van der Waals surface area (Å²) in [7, 11) is 1.96. The largest absolute Gasteiger partial charge is 0.374 e. The second kappa shape index (κ2) is 7.63. The Morgan fingerprint density at radius 3 is 2.26 bits per heavy atom. The summed E-state index contributed by atoms with van der Waals surface area (Å²) in [4.78, 5) is 0. The van der Waals surface area contributed by atoms with Crippen LogP contribution in [-0.2, 0) is 9.47 Å². The first-order chi connectivity index (χ1) is 8.94. The molecular formula is C16H27NO2. The lowest BCUT2D eigenvalue weighted by molar-refractivity contribution is -0.0542. The van der Waals surface area contributed by atoms with E-state index in [1.165, 1.54) is 5.56 Å². The lowest BCUT2D eigenvalue weighted by atomic mass is 10.0. The lowest BCUT2D eigenvalue weighted by Gasteiger charge is -2.25. The van der Waals surface area contributed by atoms with Gasteiger partial charge in [-0.25, -0.2) is 0 Å². The van der Waals surface area contributed by atoms with Crippen molar-refractivity contribution < 1.29 is 9.47 Å². The summed E-state index contributed by atoms with van der Waals surface area (Å²) < 4.78 is 11.5. The van der Waals surface area contributed by atoms with E-state index in [0.29, 0.717) is 13.2 Å². The van der Waals surface area contributed by atoms with Gasteiger partial charge in [0.15, 0.2) is 0 Å². The molecule has 1 rings (SSSR count). The van der Waals surface area contributed by atoms with E-state index in [-0.39, 0.29) is 17.7 Å². The van der Waals surface area contributed by atoms with E-state index in [2.05, 4.69) is 57.3 Å². The summed E-state index contributed by atoms with van der Waals surface area (Å²) in [5, 5.41) is 3.31. The molecule has 2 atom stereocenters. The SMILES string of the molecule is CNC(c1ccccc1)C(C)OCCOC(C)(C)C. The number of likely N-dealkylation sites (N-methyl/N-ethyl adjacent to an activating group) is 1. The van der Waals surface area contributed by atoms with Gasteiger partial charge in [-0.3, -0.25) is 0 Å². The maximum absolute atomic E-state index is 5.86. The fourth-order valence-electron chi connectivity index (χ4n) is 2.01. The number of hydrogen-bond acceptors (Lipinski definition) is 3. The second-order valence-electron chi connectivity index (χ2n) is 5.71. The minimum Gasteiger partial charge on any atom is -0.374 e. The number of rotatable bonds is 7. The maximum atomic E-state index is 5.86. The van der Waals surface area contributed by atoms with Crippen molar-refractivity contribution in [2.45, 2.75) is 45.4 Å². The zero-order chi connectivity index (χ0) is 14.3. The van der Waals surface area contributed by atoms with Crippen molar-refractivity contribution in [2.24, 2.45) is 0 Å². The summed E-state index contributed by atoms with van der Waals surface area (Å²) in [6, 6.07) is 10.6. The Bertz CT molecular complexity index is 346. The minimum absolute atomic E-state index is 0.103. The van der Waals surface area contributed by atoms with Gasteiger partial charge >= 0.3 is 0 Å². The van der Waals surface area contributed by atoms with Crippen molar-refractivity contribution >= 4 is 0 Å². The number of hydrogen-bond donors (Lipinski definition) is 1. The van der Waals surface area contributed by atoms with Gasteiger partial charge in [0.2, 0.25) is 0 Å². The molecule has 0 fully saturated rings. The number of nitrogens with one attached hydrogen (secondary N) is 1. The third-order valence-corrected chi connectivity index (χ3v) is 2.94. The highest BCUT2D eigenvalue weighted by molar-refractivity contribution is 5.19. The summed E-state index contributed by atoms with van der Waals surface area (Å²) >= 11 is 0. The first kappa shape index (κ1) is 16.2. The maximum Gasteiger partial charge on any atom is 0.0742 e. The zero-order valence-corrected chi connectivity index (χ0v) is 12.8. The van der Waals surface area contributed by atoms with Gasteiger partial charge in [0.25, 0.3) is 0 Å². The monoisotopic (exact) mass is 265 g/mol. The summed E-state index contributed by atoms with van der Waals surface area (Å²) in [6.07, 6.45) is 0.107. The molecule has 0 amide bonds. The third kappa shape index (κ3) is 6.19. The normalized spacial score (nSPS) is 15.2. The van der Waals surface area contributed by atoms with Crippen molar-refractivity contribution in [1.82, 2.24) is 5.32 Å². The fraction of sp³-hybridized carbons (Fsp3) is 0.625. The standard InChI is InChI=1S/C16H27NO2/c1-13(18-11-12-19-16(2,3)4)15(17-5)14-9-7-6-8-10-14/h6-10,13,15,17H,11-12H2,1-5H3. The Balaban J connectivity index is 2.41. The van der Waals surface area contributed by atoms with Crippen LogP contribution < -0.4 is 5.32 Å². The first-order valence-electron chi connectivity index (χ1n) is 6.92. The molecule has 3 heteroatoms. The van der Waals surface area contributed by atoms with Crippen LogP contribution >= 0.6 is 0 Å². The van der Waals surface area contributed by atoms with Crippen molar-refractivity contribution in [3.8, 4) is 0 Å². The number of ether oxygens (including phenoxy) is 2. The molecule has 3 nitrogen and oxygen atoms in total. The van der Waals surface area contributed by atoms with E-state index < -0.39 is 0 Å². The molecule has 1 aromatic rings. The minimum atomic E-state index is -0.103. The van der Waals surface area contributed by atoms with Gasteiger partial charge in [0, 0.05) is 0 Å². The average molecular weight is 265 g/mol. The topological polar surface area (TPSA) is 30.5 Å². The molecule has 19 heavy (non-hydrogen) atoms. The van der Waals surface area contributed by atoms with Gasteiger partial charge in [-0.15, -0.1) is 0 Å². The molecule has 0 spiro atoms. The molecule has 0 radical (unpaired) electrons. The van der Waals surface area contributed by atoms with E-state index in [1.807, 2.05) is 13.1 Å². The molecule has 1 aromatic carbocycles. The van der Waals surface area contributed by atoms with Crippen molar-refractivity contribution in [3.05, 3.63) is 35.9 Å². The van der Waals surface area contributed by atoms with E-state index in [9.17, 15) is 0 Å². The molecule has 0 aromatic heterocycles. The van der Waals surface area contributed by atoms with Crippen LogP contribution in [0.4, 0.5) is 0 Å². The fourth-order valence-corrected chi connectivity index (χ4v) is 2.01. The summed E-state index contributed by atoms with van der Waals surface area (Å²) in [5.74, 6) is 0. The second-order valence-corrected chi connectivity index (χ2v) is 5.71. The summed E-state index contributed by atoms with van der Waals surface area (Å²) in [5.41, 5.74) is 1.14. The Labute approximate surface area is 117 Å². The highest BCUT2D eigenvalue weighted by atomic mass is 16.5. The van der Waals surface area contributed by atoms with Crippen LogP contribution in [0.1, 0.15) is 39.3 Å². The van der Waals surface area contributed by atoms with Crippen LogP contribution in [-0.4, -0.2) is 32.0 Å². The van der Waals surface area contributed by atoms with Gasteiger partial charge in [0.1, 0.15) is 0 Å². The Hall–Kier alpha value is -0.900. The van der Waals surface area contributed by atoms with Crippen LogP contribution in [0.2, 0.25) is 0 Å². The van der Waals surface area contributed by atoms with Crippen LogP contribution in [0.25, 0.3) is 0 Å². The molecule has 108 valence electrons. The van der Waals surface area contributed by atoms with Gasteiger partial charge in [-0.2, -0.15) is 0 Å². The van der Waals surface area contributed by atoms with Gasteiger partial charge in [-0.05, 0) is 40.3 Å². The third-order valence-electron chi connectivity index (χ3n) is 2.94.